The number of hydrogen-bond donors (Lipinski definition) is 1. The molecule has 1 heterocycles. The molecule has 2 aromatic carbocycles. The summed E-state index contributed by atoms with van der Waals surface area (Å²) in [7, 11) is 1.48. The van der Waals surface area contributed by atoms with E-state index >= 15 is 0 Å². The number of halogens is 1. The van der Waals surface area contributed by atoms with Gasteiger partial charge in [-0.3, -0.25) is 24.1 Å². The summed E-state index contributed by atoms with van der Waals surface area (Å²) in [4.78, 5) is 50.0. The van der Waals surface area contributed by atoms with E-state index in [1.165, 1.54) is 20.1 Å². The number of amides is 3. The summed E-state index contributed by atoms with van der Waals surface area (Å²) in [6, 6.07) is 11.3. The lowest BCUT2D eigenvalue weighted by atomic mass is 10.1. The summed E-state index contributed by atoms with van der Waals surface area (Å²) in [5.41, 5.74) is 1.15. The molecule has 1 unspecified atom stereocenters. The Bertz CT molecular complexity index is 1000. The van der Waals surface area contributed by atoms with Crippen molar-refractivity contribution >= 4 is 41.0 Å². The largest absolute Gasteiger partial charge is 0.495 e. The van der Waals surface area contributed by atoms with E-state index in [2.05, 4.69) is 5.32 Å². The molecule has 8 nitrogen and oxygen atoms in total. The molecule has 3 rings (SSSR count). The quantitative estimate of drug-likeness (QED) is 0.495. The fourth-order valence-electron chi connectivity index (χ4n) is 3.12. The van der Waals surface area contributed by atoms with Gasteiger partial charge in [0.05, 0.1) is 23.3 Å². The Morgan fingerprint density at radius 3 is 2.32 bits per heavy atom. The fraction of sp³-hybridized carbons (Fsp3) is 0.273. The minimum Gasteiger partial charge on any atom is -0.495 e. The monoisotopic (exact) mass is 444 g/mol. The lowest BCUT2D eigenvalue weighted by Crippen LogP contribution is -2.32. The van der Waals surface area contributed by atoms with Gasteiger partial charge in [-0.2, -0.15) is 0 Å². The van der Waals surface area contributed by atoms with Crippen LogP contribution in [0, 0.1) is 0 Å². The molecule has 2 aromatic rings. The van der Waals surface area contributed by atoms with Crippen LogP contribution in [0.25, 0.3) is 0 Å². The van der Waals surface area contributed by atoms with Gasteiger partial charge in [0.2, 0.25) is 0 Å². The Morgan fingerprint density at radius 1 is 1.10 bits per heavy atom. The molecule has 1 N–H and O–H groups in total. The van der Waals surface area contributed by atoms with Gasteiger partial charge in [0.15, 0.2) is 6.10 Å². The maximum Gasteiger partial charge on any atom is 0.306 e. The predicted molar refractivity (Wildman–Crippen MR) is 113 cm³/mol. The second-order valence-corrected chi connectivity index (χ2v) is 7.29. The maximum atomic E-state index is 12.3. The minimum absolute atomic E-state index is 0.0423. The van der Waals surface area contributed by atoms with Crippen molar-refractivity contribution in [3.05, 3.63) is 58.6 Å². The van der Waals surface area contributed by atoms with E-state index in [4.69, 9.17) is 21.1 Å². The van der Waals surface area contributed by atoms with E-state index in [1.807, 2.05) is 0 Å². The first-order valence-corrected chi connectivity index (χ1v) is 9.98. The van der Waals surface area contributed by atoms with Gasteiger partial charge in [-0.15, -0.1) is 0 Å². The van der Waals surface area contributed by atoms with Crippen LogP contribution in [0.3, 0.4) is 0 Å². The van der Waals surface area contributed by atoms with Crippen molar-refractivity contribution in [3.63, 3.8) is 0 Å². The first-order valence-electron chi connectivity index (χ1n) is 9.61. The SMILES string of the molecule is COc1ccc(NC(=O)C(C)OC(=O)CCCN2C(=O)c3ccccc3C2=O)cc1Cl. The first kappa shape index (κ1) is 22.3. The summed E-state index contributed by atoms with van der Waals surface area (Å²) < 4.78 is 10.2. The summed E-state index contributed by atoms with van der Waals surface area (Å²) in [5.74, 6) is -1.40. The molecule has 1 atom stereocenters. The van der Waals surface area contributed by atoms with E-state index in [0.717, 1.165) is 4.90 Å². The van der Waals surface area contributed by atoms with Crippen molar-refractivity contribution in [2.45, 2.75) is 25.9 Å². The molecule has 0 aliphatic carbocycles. The molecule has 0 saturated heterocycles. The number of methoxy groups -OCH3 is 1. The number of ether oxygens (including phenoxy) is 2. The number of nitrogens with zero attached hydrogens (tertiary/aromatic N) is 1. The number of carbonyl (C=O) groups excluding carboxylic acids is 4. The van der Waals surface area contributed by atoms with E-state index in [9.17, 15) is 19.2 Å². The predicted octanol–water partition coefficient (Wildman–Crippen LogP) is 3.30. The number of esters is 1. The van der Waals surface area contributed by atoms with Crippen molar-refractivity contribution in [1.82, 2.24) is 4.90 Å². The van der Waals surface area contributed by atoms with Crippen LogP contribution in [-0.2, 0) is 14.3 Å². The highest BCUT2D eigenvalue weighted by atomic mass is 35.5. The smallest absolute Gasteiger partial charge is 0.306 e. The van der Waals surface area contributed by atoms with Crippen LogP contribution >= 0.6 is 11.6 Å². The van der Waals surface area contributed by atoms with Gasteiger partial charge in [-0.1, -0.05) is 23.7 Å². The molecule has 0 bridgehead atoms. The molecule has 0 radical (unpaired) electrons. The van der Waals surface area contributed by atoms with Gasteiger partial charge < -0.3 is 14.8 Å². The third kappa shape index (κ3) is 5.03. The van der Waals surface area contributed by atoms with Gasteiger partial charge in [0.1, 0.15) is 5.75 Å². The number of nitrogens with one attached hydrogen (secondary N) is 1. The highest BCUT2D eigenvalue weighted by molar-refractivity contribution is 6.32. The molecule has 0 saturated carbocycles. The average molecular weight is 445 g/mol. The van der Waals surface area contributed by atoms with Gasteiger partial charge in [-0.05, 0) is 43.7 Å². The summed E-state index contributed by atoms with van der Waals surface area (Å²) in [6.07, 6.45) is -0.848. The number of fused-ring (bicyclic) bond motifs is 1. The van der Waals surface area contributed by atoms with Crippen molar-refractivity contribution in [1.29, 1.82) is 0 Å². The van der Waals surface area contributed by atoms with E-state index in [1.54, 1.807) is 36.4 Å². The van der Waals surface area contributed by atoms with E-state index in [-0.39, 0.29) is 31.2 Å². The number of anilines is 1. The van der Waals surface area contributed by atoms with Crippen LogP contribution in [0.15, 0.2) is 42.5 Å². The summed E-state index contributed by atoms with van der Waals surface area (Å²) >= 11 is 6.02. The second kappa shape index (κ2) is 9.61. The summed E-state index contributed by atoms with van der Waals surface area (Å²) in [5, 5.41) is 2.94. The third-order valence-corrected chi connectivity index (χ3v) is 5.03. The molecule has 1 aliphatic rings. The molecule has 31 heavy (non-hydrogen) atoms. The van der Waals surface area contributed by atoms with Crippen LogP contribution in [0.5, 0.6) is 5.75 Å². The molecule has 0 aromatic heterocycles. The topological polar surface area (TPSA) is 102 Å². The van der Waals surface area contributed by atoms with Gasteiger partial charge in [0.25, 0.3) is 17.7 Å². The molecule has 0 fully saturated rings. The average Bonchev–Trinajstić information content (AvgIpc) is 2.99. The molecule has 162 valence electrons. The lowest BCUT2D eigenvalue weighted by Gasteiger charge is -2.15. The number of hydrogen-bond acceptors (Lipinski definition) is 6. The Labute approximate surface area is 184 Å². The van der Waals surface area contributed by atoms with E-state index < -0.39 is 18.0 Å². The van der Waals surface area contributed by atoms with Crippen LogP contribution in [-0.4, -0.2) is 48.3 Å². The standard InChI is InChI=1S/C22H21ClN2O6/c1-13(20(27)24-14-9-10-18(30-2)17(23)12-14)31-19(26)8-5-11-25-21(28)15-6-3-4-7-16(15)22(25)29/h3-4,6-7,9-10,12-13H,5,8,11H2,1-2H3,(H,24,27). The van der Waals surface area contributed by atoms with Crippen molar-refractivity contribution < 1.29 is 28.7 Å². The van der Waals surface area contributed by atoms with Crippen LogP contribution < -0.4 is 10.1 Å². The first-order chi connectivity index (χ1) is 14.8. The number of imide groups is 1. The molecule has 9 heteroatoms. The van der Waals surface area contributed by atoms with Crippen LogP contribution in [0.1, 0.15) is 40.5 Å². The number of rotatable bonds is 8. The molecule has 0 spiro atoms. The summed E-state index contributed by atoms with van der Waals surface area (Å²) in [6.45, 7) is 1.54. The second-order valence-electron chi connectivity index (χ2n) is 6.88. The van der Waals surface area contributed by atoms with Crippen molar-refractivity contribution in [2.24, 2.45) is 0 Å². The molecular weight excluding hydrogens is 424 g/mol. The van der Waals surface area contributed by atoms with Gasteiger partial charge in [0, 0.05) is 18.7 Å². The van der Waals surface area contributed by atoms with Crippen LogP contribution in [0.2, 0.25) is 5.02 Å². The highest BCUT2D eigenvalue weighted by Gasteiger charge is 2.34. The zero-order valence-electron chi connectivity index (χ0n) is 17.0. The van der Waals surface area contributed by atoms with Gasteiger partial charge >= 0.3 is 5.97 Å². The maximum absolute atomic E-state index is 12.3. The minimum atomic E-state index is -1.03. The van der Waals surface area contributed by atoms with E-state index in [0.29, 0.717) is 27.6 Å². The molecule has 3 amide bonds. The normalized spacial score (nSPS) is 13.6. The third-order valence-electron chi connectivity index (χ3n) is 4.74. The Kier molecular flexibility index (Phi) is 6.91. The zero-order chi connectivity index (χ0) is 22.5. The lowest BCUT2D eigenvalue weighted by molar-refractivity contribution is -0.153. The van der Waals surface area contributed by atoms with Crippen LogP contribution in [0.4, 0.5) is 5.69 Å². The highest BCUT2D eigenvalue weighted by Crippen LogP contribution is 2.27. The van der Waals surface area contributed by atoms with Crippen molar-refractivity contribution in [3.8, 4) is 5.75 Å². The number of benzene rings is 2. The molecular formula is C22H21ClN2O6. The Hall–Kier alpha value is -3.39. The zero-order valence-corrected chi connectivity index (χ0v) is 17.8. The Balaban J connectivity index is 1.45. The Morgan fingerprint density at radius 2 is 1.74 bits per heavy atom. The number of carbonyl (C=O) groups is 4. The fourth-order valence-corrected chi connectivity index (χ4v) is 3.38. The van der Waals surface area contributed by atoms with Crippen molar-refractivity contribution in [2.75, 3.05) is 19.0 Å². The van der Waals surface area contributed by atoms with Gasteiger partial charge in [-0.25, -0.2) is 0 Å². The molecule has 1 aliphatic heterocycles.